The molecule has 0 radical (unpaired) electrons. The van der Waals surface area contributed by atoms with Crippen LogP contribution in [0.15, 0.2) is 48.0 Å². The maximum Gasteiger partial charge on any atom is 0.295 e. The van der Waals surface area contributed by atoms with Crippen molar-refractivity contribution in [2.24, 2.45) is 0 Å². The molecule has 1 N–H and O–H groups in total. The number of nitrogens with zero attached hydrogens (tertiary/aromatic N) is 1. The first kappa shape index (κ1) is 25.3. The molecule has 0 aliphatic carbocycles. The molecule has 0 spiro atoms. The summed E-state index contributed by atoms with van der Waals surface area (Å²) in [6, 6.07) is 12.0. The van der Waals surface area contributed by atoms with Gasteiger partial charge in [-0.15, -0.1) is 0 Å². The Balaban J connectivity index is 2.12. The Morgan fingerprint density at radius 2 is 1.85 bits per heavy atom. The third-order valence-electron chi connectivity index (χ3n) is 5.84. The summed E-state index contributed by atoms with van der Waals surface area (Å²) >= 11 is 0. The Morgan fingerprint density at radius 1 is 1.09 bits per heavy atom. The number of aliphatic hydroxyl groups is 1. The van der Waals surface area contributed by atoms with Gasteiger partial charge in [-0.2, -0.15) is 0 Å². The number of amides is 1. The molecule has 6 nitrogen and oxygen atoms in total. The van der Waals surface area contributed by atoms with Crippen LogP contribution < -0.4 is 9.47 Å². The van der Waals surface area contributed by atoms with Gasteiger partial charge in [-0.25, -0.2) is 0 Å². The van der Waals surface area contributed by atoms with Crippen LogP contribution in [0.3, 0.4) is 0 Å². The number of rotatable bonds is 10. The highest BCUT2D eigenvalue weighted by atomic mass is 16.5. The molecule has 1 saturated heterocycles. The first-order valence-electron chi connectivity index (χ1n) is 12.1. The summed E-state index contributed by atoms with van der Waals surface area (Å²) in [6.07, 6.45) is 2.71. The lowest BCUT2D eigenvalue weighted by Gasteiger charge is -2.26. The van der Waals surface area contributed by atoms with Gasteiger partial charge in [0.1, 0.15) is 17.3 Å². The number of unbranched alkanes of at least 4 members (excludes halogenated alkanes) is 2. The number of hydrogen-bond donors (Lipinski definition) is 1. The van der Waals surface area contributed by atoms with Gasteiger partial charge in [-0.1, -0.05) is 31.9 Å². The van der Waals surface area contributed by atoms with Crippen LogP contribution in [0.4, 0.5) is 0 Å². The molecule has 1 amide bonds. The van der Waals surface area contributed by atoms with E-state index in [-0.39, 0.29) is 17.4 Å². The van der Waals surface area contributed by atoms with Crippen LogP contribution in [0.5, 0.6) is 11.5 Å². The summed E-state index contributed by atoms with van der Waals surface area (Å²) in [5.41, 5.74) is 2.16. The van der Waals surface area contributed by atoms with Crippen LogP contribution in [-0.4, -0.2) is 41.0 Å². The number of carbonyl (C=O) groups excluding carboxylic acids is 2. The Kier molecular flexibility index (Phi) is 8.37. The van der Waals surface area contributed by atoms with E-state index in [0.717, 1.165) is 30.4 Å². The molecule has 0 bridgehead atoms. The van der Waals surface area contributed by atoms with Crippen molar-refractivity contribution in [3.63, 3.8) is 0 Å². The average molecular weight is 466 g/mol. The number of Topliss-reactive ketones (excluding diaryl/α,β-unsaturated/α-hetero) is 1. The lowest BCUT2D eigenvalue weighted by atomic mass is 9.94. The SMILES string of the molecule is CCCCCN1C(=O)C(=O)/C(=C(/O)c2ccc(OCC)c(C)c2)C1c1cccc(OC(C)C)c1. The minimum absolute atomic E-state index is 0.0157. The number of aliphatic hydroxyl groups excluding tert-OH is 1. The smallest absolute Gasteiger partial charge is 0.295 e. The Hall–Kier alpha value is -3.28. The van der Waals surface area contributed by atoms with E-state index in [0.29, 0.717) is 30.2 Å². The van der Waals surface area contributed by atoms with Crippen LogP contribution in [0.2, 0.25) is 0 Å². The lowest BCUT2D eigenvalue weighted by molar-refractivity contribution is -0.139. The normalized spacial score (nSPS) is 17.5. The van der Waals surface area contributed by atoms with Crippen LogP contribution in [0.25, 0.3) is 5.76 Å². The highest BCUT2D eigenvalue weighted by molar-refractivity contribution is 6.46. The van der Waals surface area contributed by atoms with Crippen molar-refractivity contribution >= 4 is 17.4 Å². The molecule has 2 aromatic rings. The quantitative estimate of drug-likeness (QED) is 0.208. The molecule has 1 aliphatic heterocycles. The molecule has 1 heterocycles. The van der Waals surface area contributed by atoms with Crippen LogP contribution in [0, 0.1) is 6.92 Å². The molecular formula is C28H35NO5. The van der Waals surface area contributed by atoms with E-state index in [1.165, 1.54) is 0 Å². The summed E-state index contributed by atoms with van der Waals surface area (Å²) in [5.74, 6) is -0.0541. The first-order chi connectivity index (χ1) is 16.3. The largest absolute Gasteiger partial charge is 0.507 e. The topological polar surface area (TPSA) is 76.1 Å². The van der Waals surface area contributed by atoms with Gasteiger partial charge < -0.3 is 19.5 Å². The standard InChI is InChI=1S/C28H35NO5/c1-6-8-9-15-29-25(20-11-10-12-22(17-20)34-18(3)4)24(27(31)28(29)32)26(30)21-13-14-23(33-7-2)19(5)16-21/h10-14,16-18,25,30H,6-9,15H2,1-5H3/b26-24+. The Bertz CT molecular complexity index is 1070. The molecule has 2 aromatic carbocycles. The minimum Gasteiger partial charge on any atom is -0.507 e. The zero-order valence-electron chi connectivity index (χ0n) is 20.8. The summed E-state index contributed by atoms with van der Waals surface area (Å²) in [5, 5.41) is 11.3. The third-order valence-corrected chi connectivity index (χ3v) is 5.84. The zero-order valence-corrected chi connectivity index (χ0v) is 20.8. The fourth-order valence-corrected chi connectivity index (χ4v) is 4.29. The van der Waals surface area contributed by atoms with E-state index in [2.05, 4.69) is 6.92 Å². The van der Waals surface area contributed by atoms with Gasteiger partial charge in [0, 0.05) is 12.1 Å². The van der Waals surface area contributed by atoms with Crippen molar-refractivity contribution in [3.8, 4) is 11.5 Å². The molecule has 1 atom stereocenters. The molecule has 1 aliphatic rings. The fraction of sp³-hybridized carbons (Fsp3) is 0.429. The van der Waals surface area contributed by atoms with Gasteiger partial charge >= 0.3 is 0 Å². The summed E-state index contributed by atoms with van der Waals surface area (Å²) in [7, 11) is 0. The number of likely N-dealkylation sites (tertiary alicyclic amines) is 1. The second-order valence-corrected chi connectivity index (χ2v) is 8.85. The maximum absolute atomic E-state index is 13.2. The number of ketones is 1. The molecule has 34 heavy (non-hydrogen) atoms. The summed E-state index contributed by atoms with van der Waals surface area (Å²) < 4.78 is 11.5. The van der Waals surface area contributed by atoms with Gasteiger partial charge in [0.15, 0.2) is 0 Å². The van der Waals surface area contributed by atoms with Gasteiger partial charge in [-0.3, -0.25) is 9.59 Å². The second kappa shape index (κ2) is 11.2. The van der Waals surface area contributed by atoms with Gasteiger partial charge in [0.25, 0.3) is 11.7 Å². The van der Waals surface area contributed by atoms with E-state index < -0.39 is 17.7 Å². The Morgan fingerprint density at radius 3 is 2.50 bits per heavy atom. The van der Waals surface area contributed by atoms with Crippen molar-refractivity contribution < 1.29 is 24.2 Å². The zero-order chi connectivity index (χ0) is 24.8. The summed E-state index contributed by atoms with van der Waals surface area (Å²) in [6.45, 7) is 10.7. The van der Waals surface area contributed by atoms with Crippen LogP contribution in [0.1, 0.15) is 69.7 Å². The highest BCUT2D eigenvalue weighted by Crippen LogP contribution is 2.41. The fourth-order valence-electron chi connectivity index (χ4n) is 4.29. The predicted octanol–water partition coefficient (Wildman–Crippen LogP) is 5.79. The average Bonchev–Trinajstić information content (AvgIpc) is 3.05. The van der Waals surface area contributed by atoms with E-state index in [1.807, 2.05) is 52.0 Å². The number of aryl methyl sites for hydroxylation is 1. The van der Waals surface area contributed by atoms with Crippen molar-refractivity contribution in [1.29, 1.82) is 0 Å². The molecular weight excluding hydrogens is 430 g/mol. The molecule has 1 fully saturated rings. The monoisotopic (exact) mass is 465 g/mol. The van der Waals surface area contributed by atoms with Crippen LogP contribution >= 0.6 is 0 Å². The highest BCUT2D eigenvalue weighted by Gasteiger charge is 2.45. The van der Waals surface area contributed by atoms with Crippen molar-refractivity contribution in [2.45, 2.75) is 66.0 Å². The van der Waals surface area contributed by atoms with E-state index >= 15 is 0 Å². The molecule has 0 aromatic heterocycles. The lowest BCUT2D eigenvalue weighted by Crippen LogP contribution is -2.30. The van der Waals surface area contributed by atoms with E-state index in [1.54, 1.807) is 23.1 Å². The van der Waals surface area contributed by atoms with E-state index in [4.69, 9.17) is 9.47 Å². The minimum atomic E-state index is -0.681. The third kappa shape index (κ3) is 5.44. The number of benzene rings is 2. The Labute approximate surface area is 202 Å². The predicted molar refractivity (Wildman–Crippen MR) is 133 cm³/mol. The molecule has 0 saturated carbocycles. The molecule has 182 valence electrons. The van der Waals surface area contributed by atoms with Gasteiger partial charge in [-0.05, 0) is 75.6 Å². The first-order valence-corrected chi connectivity index (χ1v) is 12.1. The van der Waals surface area contributed by atoms with Gasteiger partial charge in [0.2, 0.25) is 0 Å². The number of hydrogen-bond acceptors (Lipinski definition) is 5. The van der Waals surface area contributed by atoms with Crippen molar-refractivity contribution in [3.05, 3.63) is 64.7 Å². The van der Waals surface area contributed by atoms with Crippen molar-refractivity contribution in [2.75, 3.05) is 13.2 Å². The maximum atomic E-state index is 13.2. The van der Waals surface area contributed by atoms with Crippen molar-refractivity contribution in [1.82, 2.24) is 4.90 Å². The summed E-state index contributed by atoms with van der Waals surface area (Å²) in [4.78, 5) is 27.9. The number of ether oxygens (including phenoxy) is 2. The number of carbonyl (C=O) groups is 2. The van der Waals surface area contributed by atoms with E-state index in [9.17, 15) is 14.7 Å². The second-order valence-electron chi connectivity index (χ2n) is 8.85. The molecule has 6 heteroatoms. The molecule has 1 unspecified atom stereocenters. The van der Waals surface area contributed by atoms with Crippen LogP contribution in [-0.2, 0) is 9.59 Å². The molecule has 3 rings (SSSR count). The van der Waals surface area contributed by atoms with Gasteiger partial charge in [0.05, 0.1) is 24.3 Å².